The first-order valence-electron chi connectivity index (χ1n) is 6.75. The zero-order valence-corrected chi connectivity index (χ0v) is 12.4. The first-order chi connectivity index (χ1) is 8.23. The topological polar surface area (TPSA) is 38.3 Å². The highest BCUT2D eigenvalue weighted by molar-refractivity contribution is 5.77. The molecule has 3 heteroatoms. The van der Waals surface area contributed by atoms with Gasteiger partial charge in [0.2, 0.25) is 5.91 Å². The lowest BCUT2D eigenvalue weighted by Gasteiger charge is -2.24. The lowest BCUT2D eigenvalue weighted by atomic mass is 9.91. The standard InChI is InChI=1S/C15H27NO2/c1-10-7-12(11(2)18-6)13(8-10)16-14(17)9-15(3,4)5/h10,12-13H,2,7-9H2,1,3-6H3,(H,16,17). The van der Waals surface area contributed by atoms with E-state index in [9.17, 15) is 4.79 Å². The number of methoxy groups -OCH3 is 1. The molecular formula is C15H27NO2. The Morgan fingerprint density at radius 2 is 2.00 bits per heavy atom. The van der Waals surface area contributed by atoms with Crippen LogP contribution in [0.15, 0.2) is 12.3 Å². The van der Waals surface area contributed by atoms with Crippen molar-refractivity contribution in [3.63, 3.8) is 0 Å². The van der Waals surface area contributed by atoms with E-state index in [-0.39, 0.29) is 23.3 Å². The fourth-order valence-corrected chi connectivity index (χ4v) is 2.70. The molecule has 3 nitrogen and oxygen atoms in total. The van der Waals surface area contributed by atoms with Crippen molar-refractivity contribution in [2.45, 2.75) is 53.0 Å². The van der Waals surface area contributed by atoms with Crippen molar-refractivity contribution < 1.29 is 9.53 Å². The average Bonchev–Trinajstić information content (AvgIpc) is 2.55. The van der Waals surface area contributed by atoms with Crippen LogP contribution in [0.1, 0.15) is 47.0 Å². The van der Waals surface area contributed by atoms with Crippen LogP contribution in [0.4, 0.5) is 0 Å². The lowest BCUT2D eigenvalue weighted by molar-refractivity contribution is -0.123. The van der Waals surface area contributed by atoms with Crippen LogP contribution in [-0.2, 0) is 9.53 Å². The molecule has 0 spiro atoms. The van der Waals surface area contributed by atoms with Crippen molar-refractivity contribution in [1.29, 1.82) is 0 Å². The summed E-state index contributed by atoms with van der Waals surface area (Å²) in [5, 5.41) is 3.15. The minimum Gasteiger partial charge on any atom is -0.501 e. The molecule has 0 aliphatic heterocycles. The van der Waals surface area contributed by atoms with Crippen molar-refractivity contribution in [3.8, 4) is 0 Å². The molecule has 3 atom stereocenters. The molecule has 3 unspecified atom stereocenters. The summed E-state index contributed by atoms with van der Waals surface area (Å²) in [7, 11) is 1.65. The summed E-state index contributed by atoms with van der Waals surface area (Å²) in [4.78, 5) is 12.0. The van der Waals surface area contributed by atoms with E-state index in [1.807, 2.05) is 0 Å². The Hall–Kier alpha value is -0.990. The molecule has 0 aromatic carbocycles. The SMILES string of the molecule is C=C(OC)C1CC(C)CC1NC(=O)CC(C)(C)C. The van der Waals surface area contributed by atoms with Crippen LogP contribution in [0.25, 0.3) is 0 Å². The fourth-order valence-electron chi connectivity index (χ4n) is 2.70. The molecule has 1 rings (SSSR count). The van der Waals surface area contributed by atoms with E-state index < -0.39 is 0 Å². The van der Waals surface area contributed by atoms with Gasteiger partial charge in [0, 0.05) is 18.4 Å². The summed E-state index contributed by atoms with van der Waals surface area (Å²) >= 11 is 0. The summed E-state index contributed by atoms with van der Waals surface area (Å²) in [6.45, 7) is 12.4. The monoisotopic (exact) mass is 253 g/mol. The first kappa shape index (κ1) is 15.1. The maximum atomic E-state index is 12.0. The number of hydrogen-bond acceptors (Lipinski definition) is 2. The summed E-state index contributed by atoms with van der Waals surface area (Å²) in [6.07, 6.45) is 2.63. The number of ether oxygens (including phenoxy) is 1. The average molecular weight is 253 g/mol. The molecular weight excluding hydrogens is 226 g/mol. The minimum atomic E-state index is 0.0298. The molecule has 1 fully saturated rings. The molecule has 1 saturated carbocycles. The van der Waals surface area contributed by atoms with E-state index in [2.05, 4.69) is 39.6 Å². The van der Waals surface area contributed by atoms with Crippen LogP contribution < -0.4 is 5.32 Å². The second-order valence-electron chi connectivity index (χ2n) is 6.76. The smallest absolute Gasteiger partial charge is 0.220 e. The second-order valence-corrected chi connectivity index (χ2v) is 6.76. The molecule has 0 aromatic heterocycles. The van der Waals surface area contributed by atoms with Crippen LogP contribution in [0, 0.1) is 17.3 Å². The molecule has 18 heavy (non-hydrogen) atoms. The Morgan fingerprint density at radius 3 is 2.50 bits per heavy atom. The fraction of sp³-hybridized carbons (Fsp3) is 0.800. The number of amides is 1. The maximum Gasteiger partial charge on any atom is 0.220 e. The molecule has 1 N–H and O–H groups in total. The van der Waals surface area contributed by atoms with Crippen molar-refractivity contribution in [1.82, 2.24) is 5.32 Å². The predicted octanol–water partition coefficient (Wildman–Crippen LogP) is 3.11. The Labute approximate surface area is 111 Å². The van der Waals surface area contributed by atoms with E-state index in [1.165, 1.54) is 0 Å². The van der Waals surface area contributed by atoms with Gasteiger partial charge in [0.15, 0.2) is 0 Å². The minimum absolute atomic E-state index is 0.0298. The molecule has 0 heterocycles. The highest BCUT2D eigenvalue weighted by Crippen LogP contribution is 2.35. The van der Waals surface area contributed by atoms with Gasteiger partial charge in [-0.3, -0.25) is 4.79 Å². The molecule has 0 radical (unpaired) electrons. The number of carbonyl (C=O) groups excluding carboxylic acids is 1. The Kier molecular flexibility index (Phi) is 4.83. The first-order valence-corrected chi connectivity index (χ1v) is 6.75. The third-order valence-electron chi connectivity index (χ3n) is 3.51. The second kappa shape index (κ2) is 5.77. The molecule has 1 aliphatic carbocycles. The molecule has 0 bridgehead atoms. The molecule has 104 valence electrons. The zero-order valence-electron chi connectivity index (χ0n) is 12.4. The van der Waals surface area contributed by atoms with Gasteiger partial charge in [0.1, 0.15) is 0 Å². The van der Waals surface area contributed by atoms with Crippen molar-refractivity contribution >= 4 is 5.91 Å². The molecule has 1 aliphatic rings. The third kappa shape index (κ3) is 4.35. The summed E-state index contributed by atoms with van der Waals surface area (Å²) in [5.74, 6) is 1.80. The molecule has 0 saturated heterocycles. The van der Waals surface area contributed by atoms with E-state index in [4.69, 9.17) is 4.74 Å². The van der Waals surface area contributed by atoms with Gasteiger partial charge in [-0.1, -0.05) is 34.3 Å². The van der Waals surface area contributed by atoms with E-state index >= 15 is 0 Å². The predicted molar refractivity (Wildman–Crippen MR) is 74.0 cm³/mol. The maximum absolute atomic E-state index is 12.0. The summed E-state index contributed by atoms with van der Waals surface area (Å²) < 4.78 is 5.25. The normalized spacial score (nSPS) is 27.9. The number of carbonyl (C=O) groups is 1. The Morgan fingerprint density at radius 1 is 1.39 bits per heavy atom. The van der Waals surface area contributed by atoms with Crippen LogP contribution in [0.2, 0.25) is 0 Å². The molecule has 0 aromatic rings. The molecule has 1 amide bonds. The van der Waals surface area contributed by atoms with Gasteiger partial charge in [-0.05, 0) is 24.2 Å². The van der Waals surface area contributed by atoms with Gasteiger partial charge in [-0.15, -0.1) is 0 Å². The number of rotatable bonds is 4. The van der Waals surface area contributed by atoms with Gasteiger partial charge in [-0.2, -0.15) is 0 Å². The van der Waals surface area contributed by atoms with Gasteiger partial charge >= 0.3 is 0 Å². The quantitative estimate of drug-likeness (QED) is 0.782. The number of nitrogens with one attached hydrogen (secondary N) is 1. The van der Waals surface area contributed by atoms with Gasteiger partial charge < -0.3 is 10.1 Å². The third-order valence-corrected chi connectivity index (χ3v) is 3.51. The van der Waals surface area contributed by atoms with Crippen molar-refractivity contribution in [3.05, 3.63) is 12.3 Å². The number of hydrogen-bond donors (Lipinski definition) is 1. The van der Waals surface area contributed by atoms with Crippen LogP contribution in [0.5, 0.6) is 0 Å². The highest BCUT2D eigenvalue weighted by Gasteiger charge is 2.35. The van der Waals surface area contributed by atoms with Gasteiger partial charge in [-0.25, -0.2) is 0 Å². The van der Waals surface area contributed by atoms with E-state index in [0.29, 0.717) is 12.3 Å². The Balaban J connectivity index is 2.59. The van der Waals surface area contributed by atoms with Crippen LogP contribution in [-0.4, -0.2) is 19.1 Å². The lowest BCUT2D eigenvalue weighted by Crippen LogP contribution is -2.39. The van der Waals surface area contributed by atoms with Crippen molar-refractivity contribution in [2.24, 2.45) is 17.3 Å². The highest BCUT2D eigenvalue weighted by atomic mass is 16.5. The van der Waals surface area contributed by atoms with Gasteiger partial charge in [0.05, 0.1) is 12.9 Å². The van der Waals surface area contributed by atoms with E-state index in [1.54, 1.807) is 7.11 Å². The summed E-state index contributed by atoms with van der Waals surface area (Å²) in [5.41, 5.74) is 0.0298. The summed E-state index contributed by atoms with van der Waals surface area (Å²) in [6, 6.07) is 0.183. The van der Waals surface area contributed by atoms with Crippen LogP contribution in [0.3, 0.4) is 0 Å². The van der Waals surface area contributed by atoms with Gasteiger partial charge in [0.25, 0.3) is 0 Å². The zero-order chi connectivity index (χ0) is 13.9. The van der Waals surface area contributed by atoms with E-state index in [0.717, 1.165) is 18.6 Å². The largest absolute Gasteiger partial charge is 0.501 e. The Bertz CT molecular complexity index is 317. The van der Waals surface area contributed by atoms with Crippen LogP contribution >= 0.6 is 0 Å². The van der Waals surface area contributed by atoms with Crippen molar-refractivity contribution in [2.75, 3.05) is 7.11 Å².